The van der Waals surface area contributed by atoms with E-state index in [0.29, 0.717) is 6.61 Å². The number of hydrogen-bond acceptors (Lipinski definition) is 5. The van der Waals surface area contributed by atoms with Gasteiger partial charge in [0.1, 0.15) is 5.69 Å². The first-order valence-corrected chi connectivity index (χ1v) is 5.81. The maximum Gasteiger partial charge on any atom is 0.161 e. The molecular formula is C11H22N4O2. The Labute approximate surface area is 102 Å². The molecule has 1 aromatic heterocycles. The van der Waals surface area contributed by atoms with Crippen molar-refractivity contribution in [3.05, 3.63) is 11.9 Å². The number of aromatic nitrogens is 2. The van der Waals surface area contributed by atoms with Gasteiger partial charge in [-0.2, -0.15) is 5.10 Å². The van der Waals surface area contributed by atoms with Gasteiger partial charge in [0.25, 0.3) is 0 Å². The van der Waals surface area contributed by atoms with Crippen molar-refractivity contribution in [1.29, 1.82) is 0 Å². The molecule has 0 fully saturated rings. The second-order valence-corrected chi connectivity index (χ2v) is 4.02. The zero-order valence-corrected chi connectivity index (χ0v) is 10.9. The van der Waals surface area contributed by atoms with Crippen LogP contribution in [-0.4, -0.2) is 29.6 Å². The maximum absolute atomic E-state index is 5.58. The van der Waals surface area contributed by atoms with E-state index in [1.54, 1.807) is 13.3 Å². The minimum absolute atomic E-state index is 0.130. The molecule has 1 unspecified atom stereocenters. The summed E-state index contributed by atoms with van der Waals surface area (Å²) in [7, 11) is 1.62. The third-order valence-corrected chi connectivity index (χ3v) is 2.49. The number of aryl methyl sites for hydroxylation is 1. The van der Waals surface area contributed by atoms with Crippen molar-refractivity contribution in [2.24, 2.45) is 5.84 Å². The van der Waals surface area contributed by atoms with Crippen molar-refractivity contribution in [2.75, 3.05) is 13.7 Å². The van der Waals surface area contributed by atoms with E-state index in [9.17, 15) is 0 Å². The minimum atomic E-state index is -0.130. The Morgan fingerprint density at radius 3 is 2.71 bits per heavy atom. The fourth-order valence-electron chi connectivity index (χ4n) is 1.63. The Balaban J connectivity index is 2.88. The highest BCUT2D eigenvalue weighted by atomic mass is 16.5. The number of hydrazine groups is 1. The quantitative estimate of drug-likeness (QED) is 0.547. The summed E-state index contributed by atoms with van der Waals surface area (Å²) in [6.07, 6.45) is 1.85. The van der Waals surface area contributed by atoms with Crippen molar-refractivity contribution in [3.8, 4) is 5.75 Å². The van der Waals surface area contributed by atoms with E-state index < -0.39 is 0 Å². The van der Waals surface area contributed by atoms with E-state index in [4.69, 9.17) is 15.3 Å². The molecule has 1 heterocycles. The van der Waals surface area contributed by atoms with E-state index >= 15 is 0 Å². The first-order chi connectivity index (χ1) is 8.13. The standard InChI is InChI=1S/C11H22N4O2/c1-5-15-11(10(16-4)6-13-15)9(14-12)7-17-8(2)3/h6,8-9,14H,5,7,12H2,1-4H3. The molecule has 98 valence electrons. The van der Waals surface area contributed by atoms with Crippen molar-refractivity contribution in [2.45, 2.75) is 39.5 Å². The smallest absolute Gasteiger partial charge is 0.161 e. The number of ether oxygens (including phenoxy) is 2. The lowest BCUT2D eigenvalue weighted by atomic mass is 10.2. The summed E-state index contributed by atoms with van der Waals surface area (Å²) in [5.74, 6) is 6.29. The fourth-order valence-corrected chi connectivity index (χ4v) is 1.63. The molecule has 0 bridgehead atoms. The molecule has 6 heteroatoms. The molecule has 6 nitrogen and oxygen atoms in total. The molecule has 1 aromatic rings. The summed E-state index contributed by atoms with van der Waals surface area (Å²) in [5, 5.41) is 4.24. The summed E-state index contributed by atoms with van der Waals surface area (Å²) in [4.78, 5) is 0. The van der Waals surface area contributed by atoms with Crippen LogP contribution >= 0.6 is 0 Å². The van der Waals surface area contributed by atoms with Crippen molar-refractivity contribution in [1.82, 2.24) is 15.2 Å². The molecule has 0 aliphatic rings. The highest BCUT2D eigenvalue weighted by Crippen LogP contribution is 2.24. The highest BCUT2D eigenvalue weighted by Gasteiger charge is 2.21. The van der Waals surface area contributed by atoms with Gasteiger partial charge in [-0.05, 0) is 20.8 Å². The molecule has 0 aliphatic heterocycles. The van der Waals surface area contributed by atoms with Gasteiger partial charge in [0, 0.05) is 6.54 Å². The Hall–Kier alpha value is -1.11. The predicted octanol–water partition coefficient (Wildman–Crippen LogP) is 0.841. The molecule has 1 atom stereocenters. The Kier molecular flexibility index (Phi) is 5.40. The van der Waals surface area contributed by atoms with Crippen molar-refractivity contribution >= 4 is 0 Å². The zero-order chi connectivity index (χ0) is 12.8. The van der Waals surface area contributed by atoms with Crippen LogP contribution in [0.25, 0.3) is 0 Å². The number of hydrogen-bond donors (Lipinski definition) is 2. The molecule has 0 amide bonds. The second kappa shape index (κ2) is 6.58. The lowest BCUT2D eigenvalue weighted by Crippen LogP contribution is -2.34. The maximum atomic E-state index is 5.58. The third-order valence-electron chi connectivity index (χ3n) is 2.49. The molecule has 3 N–H and O–H groups in total. The summed E-state index contributed by atoms with van der Waals surface area (Å²) in [5.41, 5.74) is 3.66. The molecule has 1 rings (SSSR count). The lowest BCUT2D eigenvalue weighted by Gasteiger charge is -2.19. The first-order valence-electron chi connectivity index (χ1n) is 5.81. The number of nitrogens with two attached hydrogens (primary N) is 1. The average molecular weight is 242 g/mol. The van der Waals surface area contributed by atoms with E-state index in [1.165, 1.54) is 0 Å². The van der Waals surface area contributed by atoms with Crippen LogP contribution in [-0.2, 0) is 11.3 Å². The van der Waals surface area contributed by atoms with Gasteiger partial charge in [0.15, 0.2) is 5.75 Å². The minimum Gasteiger partial charge on any atom is -0.493 e. The zero-order valence-electron chi connectivity index (χ0n) is 10.9. The topological polar surface area (TPSA) is 74.3 Å². The van der Waals surface area contributed by atoms with Crippen LogP contribution < -0.4 is 16.0 Å². The largest absolute Gasteiger partial charge is 0.493 e. The van der Waals surface area contributed by atoms with Gasteiger partial charge in [-0.15, -0.1) is 0 Å². The normalized spacial score (nSPS) is 13.1. The number of nitrogens with one attached hydrogen (secondary N) is 1. The number of nitrogens with zero attached hydrogens (tertiary/aromatic N) is 2. The molecule has 0 aromatic carbocycles. The summed E-state index contributed by atoms with van der Waals surface area (Å²) < 4.78 is 12.7. The van der Waals surface area contributed by atoms with Gasteiger partial charge >= 0.3 is 0 Å². The van der Waals surface area contributed by atoms with Crippen molar-refractivity contribution in [3.63, 3.8) is 0 Å². The molecule has 0 spiro atoms. The fraction of sp³-hybridized carbons (Fsp3) is 0.727. The van der Waals surface area contributed by atoms with Crippen LogP contribution in [0.3, 0.4) is 0 Å². The highest BCUT2D eigenvalue weighted by molar-refractivity contribution is 5.28. The molecule has 0 aliphatic carbocycles. The van der Waals surface area contributed by atoms with Crippen molar-refractivity contribution < 1.29 is 9.47 Å². The number of rotatable bonds is 7. The van der Waals surface area contributed by atoms with Gasteiger partial charge in [-0.25, -0.2) is 5.43 Å². The molecule has 17 heavy (non-hydrogen) atoms. The van der Waals surface area contributed by atoms with Crippen LogP contribution in [0.4, 0.5) is 0 Å². The summed E-state index contributed by atoms with van der Waals surface area (Å²) >= 11 is 0. The average Bonchev–Trinajstić information content (AvgIpc) is 2.72. The third kappa shape index (κ3) is 3.42. The summed E-state index contributed by atoms with van der Waals surface area (Å²) in [6, 6.07) is -0.130. The summed E-state index contributed by atoms with van der Waals surface area (Å²) in [6.45, 7) is 7.24. The van der Waals surface area contributed by atoms with Gasteiger partial charge in [0.05, 0.1) is 32.1 Å². The van der Waals surface area contributed by atoms with Gasteiger partial charge in [-0.3, -0.25) is 10.5 Å². The van der Waals surface area contributed by atoms with Gasteiger partial charge in [-0.1, -0.05) is 0 Å². The second-order valence-electron chi connectivity index (χ2n) is 4.02. The molecule has 0 saturated carbocycles. The number of methoxy groups -OCH3 is 1. The monoisotopic (exact) mass is 242 g/mol. The molecule has 0 radical (unpaired) electrons. The lowest BCUT2D eigenvalue weighted by molar-refractivity contribution is 0.0589. The van der Waals surface area contributed by atoms with Crippen LogP contribution in [0.1, 0.15) is 32.5 Å². The van der Waals surface area contributed by atoms with Crippen LogP contribution in [0.5, 0.6) is 5.75 Å². The van der Waals surface area contributed by atoms with Crippen LogP contribution in [0.2, 0.25) is 0 Å². The molecule has 0 saturated heterocycles. The van der Waals surface area contributed by atoms with Crippen LogP contribution in [0, 0.1) is 0 Å². The van der Waals surface area contributed by atoms with E-state index in [-0.39, 0.29) is 12.1 Å². The predicted molar refractivity (Wildman–Crippen MR) is 65.6 cm³/mol. The van der Waals surface area contributed by atoms with Gasteiger partial charge in [0.2, 0.25) is 0 Å². The van der Waals surface area contributed by atoms with Crippen LogP contribution in [0.15, 0.2) is 6.20 Å². The Morgan fingerprint density at radius 1 is 1.53 bits per heavy atom. The Morgan fingerprint density at radius 2 is 2.24 bits per heavy atom. The molecular weight excluding hydrogens is 220 g/mol. The van der Waals surface area contributed by atoms with E-state index in [2.05, 4.69) is 10.5 Å². The van der Waals surface area contributed by atoms with E-state index in [0.717, 1.165) is 18.0 Å². The Bertz CT molecular complexity index is 317. The SMILES string of the molecule is CCn1ncc(OC)c1C(COC(C)C)NN. The van der Waals surface area contributed by atoms with E-state index in [1.807, 2.05) is 25.5 Å². The first kappa shape index (κ1) is 14.0. The van der Waals surface area contributed by atoms with Gasteiger partial charge < -0.3 is 9.47 Å².